The molecule has 0 fully saturated rings. The predicted octanol–water partition coefficient (Wildman–Crippen LogP) is 2.61. The third kappa shape index (κ3) is 4.17. The number of nitrogens with one attached hydrogen (secondary N) is 1. The Labute approximate surface area is 156 Å². The van der Waals surface area contributed by atoms with Crippen LogP contribution in [-0.4, -0.2) is 43.0 Å². The van der Waals surface area contributed by atoms with Crippen molar-refractivity contribution in [1.82, 2.24) is 4.90 Å². The van der Waals surface area contributed by atoms with E-state index in [2.05, 4.69) is 5.32 Å². The average molecular weight is 371 g/mol. The molecule has 3 rings (SSSR count). The van der Waals surface area contributed by atoms with Crippen molar-refractivity contribution < 1.29 is 19.2 Å². The summed E-state index contributed by atoms with van der Waals surface area (Å²) < 4.78 is 10.7. The molecule has 0 saturated carbocycles. The molecule has 1 heterocycles. The fourth-order valence-corrected chi connectivity index (χ4v) is 3.21. The maximum absolute atomic E-state index is 12.4. The third-order valence-corrected chi connectivity index (χ3v) is 4.54. The first-order valence-electron chi connectivity index (χ1n) is 8.51. The van der Waals surface area contributed by atoms with E-state index in [1.54, 1.807) is 26.4 Å². The molecule has 0 aromatic heterocycles. The summed E-state index contributed by atoms with van der Waals surface area (Å²) in [5.74, 6) is 1.06. The zero-order valence-electron chi connectivity index (χ0n) is 15.2. The first-order chi connectivity index (χ1) is 13.0. The quantitative estimate of drug-likeness (QED) is 0.620. The van der Waals surface area contributed by atoms with Crippen LogP contribution in [-0.2, 0) is 17.8 Å². The van der Waals surface area contributed by atoms with Crippen LogP contribution in [0.4, 0.5) is 11.4 Å². The van der Waals surface area contributed by atoms with Gasteiger partial charge < -0.3 is 14.8 Å². The molecule has 8 nitrogen and oxygen atoms in total. The van der Waals surface area contributed by atoms with Gasteiger partial charge in [0, 0.05) is 19.2 Å². The Morgan fingerprint density at radius 1 is 1.19 bits per heavy atom. The molecule has 1 amide bonds. The van der Waals surface area contributed by atoms with Crippen molar-refractivity contribution in [2.24, 2.45) is 0 Å². The van der Waals surface area contributed by atoms with E-state index in [0.29, 0.717) is 24.6 Å². The smallest absolute Gasteiger partial charge is 0.292 e. The number of carbonyl (C=O) groups is 1. The Hall–Kier alpha value is -3.13. The second-order valence-electron chi connectivity index (χ2n) is 6.26. The summed E-state index contributed by atoms with van der Waals surface area (Å²) in [6.07, 6.45) is 0.786. The second-order valence-corrected chi connectivity index (χ2v) is 6.26. The maximum atomic E-state index is 12.4. The molecule has 0 radical (unpaired) electrons. The van der Waals surface area contributed by atoms with E-state index >= 15 is 0 Å². The van der Waals surface area contributed by atoms with Crippen LogP contribution < -0.4 is 14.8 Å². The van der Waals surface area contributed by atoms with Gasteiger partial charge in [-0.25, -0.2) is 0 Å². The molecule has 0 saturated heterocycles. The van der Waals surface area contributed by atoms with Gasteiger partial charge in [0.25, 0.3) is 5.69 Å². The van der Waals surface area contributed by atoms with Crippen LogP contribution in [0.3, 0.4) is 0 Å². The normalized spacial score (nSPS) is 13.6. The van der Waals surface area contributed by atoms with Crippen LogP contribution in [0.25, 0.3) is 0 Å². The average Bonchev–Trinajstić information content (AvgIpc) is 2.66. The van der Waals surface area contributed by atoms with Gasteiger partial charge in [0.1, 0.15) is 5.69 Å². The van der Waals surface area contributed by atoms with Gasteiger partial charge in [-0.1, -0.05) is 12.1 Å². The number of ether oxygens (including phenoxy) is 2. The molecule has 2 aromatic rings. The highest BCUT2D eigenvalue weighted by molar-refractivity contribution is 5.94. The molecule has 2 aromatic carbocycles. The first kappa shape index (κ1) is 18.7. The Balaban J connectivity index is 1.68. The van der Waals surface area contributed by atoms with Gasteiger partial charge in [0.05, 0.1) is 25.7 Å². The predicted molar refractivity (Wildman–Crippen MR) is 100 cm³/mol. The highest BCUT2D eigenvalue weighted by Gasteiger charge is 2.22. The number of carbonyl (C=O) groups excluding carboxylic acids is 1. The Bertz CT molecular complexity index is 868. The third-order valence-electron chi connectivity index (χ3n) is 4.54. The molecule has 0 unspecified atom stereocenters. The van der Waals surface area contributed by atoms with Crippen molar-refractivity contribution in [3.8, 4) is 11.5 Å². The Kier molecular flexibility index (Phi) is 5.56. The Morgan fingerprint density at radius 3 is 2.52 bits per heavy atom. The van der Waals surface area contributed by atoms with E-state index in [9.17, 15) is 14.9 Å². The monoisotopic (exact) mass is 371 g/mol. The zero-order valence-corrected chi connectivity index (χ0v) is 15.2. The summed E-state index contributed by atoms with van der Waals surface area (Å²) in [6.45, 7) is 1.46. The fraction of sp³-hybridized carbons (Fsp3) is 0.316. The number of hydrogen-bond donors (Lipinski definition) is 1. The van der Waals surface area contributed by atoms with Gasteiger partial charge in [0.15, 0.2) is 11.5 Å². The summed E-state index contributed by atoms with van der Waals surface area (Å²) in [4.78, 5) is 24.9. The molecular formula is C19H21N3O5. The number of methoxy groups -OCH3 is 2. The first-order valence-corrected chi connectivity index (χ1v) is 8.51. The van der Waals surface area contributed by atoms with Crippen molar-refractivity contribution in [3.05, 3.63) is 57.6 Å². The van der Waals surface area contributed by atoms with E-state index in [1.165, 1.54) is 17.7 Å². The summed E-state index contributed by atoms with van der Waals surface area (Å²) in [5, 5.41) is 13.7. The molecular weight excluding hydrogens is 350 g/mol. The molecule has 1 aliphatic heterocycles. The molecule has 142 valence electrons. The Morgan fingerprint density at radius 2 is 1.85 bits per heavy atom. The van der Waals surface area contributed by atoms with Gasteiger partial charge in [-0.15, -0.1) is 0 Å². The maximum Gasteiger partial charge on any atom is 0.292 e. The van der Waals surface area contributed by atoms with Crippen molar-refractivity contribution >= 4 is 17.3 Å². The number of hydrogen-bond acceptors (Lipinski definition) is 6. The molecule has 8 heteroatoms. The van der Waals surface area contributed by atoms with E-state index in [4.69, 9.17) is 9.47 Å². The number of benzene rings is 2. The van der Waals surface area contributed by atoms with Gasteiger partial charge >= 0.3 is 0 Å². The summed E-state index contributed by atoms with van der Waals surface area (Å²) >= 11 is 0. The lowest BCUT2D eigenvalue weighted by Gasteiger charge is -2.29. The van der Waals surface area contributed by atoms with Crippen LogP contribution in [0.2, 0.25) is 0 Å². The molecule has 0 aliphatic carbocycles. The van der Waals surface area contributed by atoms with E-state index < -0.39 is 4.92 Å². The van der Waals surface area contributed by atoms with Gasteiger partial charge in [-0.3, -0.25) is 19.8 Å². The van der Waals surface area contributed by atoms with E-state index in [-0.39, 0.29) is 23.8 Å². The van der Waals surface area contributed by atoms with Crippen LogP contribution >= 0.6 is 0 Å². The lowest BCUT2D eigenvalue weighted by atomic mass is 9.99. The molecule has 27 heavy (non-hydrogen) atoms. The highest BCUT2D eigenvalue weighted by Crippen LogP contribution is 2.33. The number of fused-ring (bicyclic) bond motifs is 1. The minimum absolute atomic E-state index is 0.119. The molecule has 1 N–H and O–H groups in total. The standard InChI is InChI=1S/C19H21N3O5/c1-26-17-9-13-7-8-21(11-14(13)10-18(17)27-2)12-19(23)20-15-5-3-4-6-16(15)22(24)25/h3-6,9-10H,7-8,11-12H2,1-2H3,(H,20,23). The van der Waals surface area contributed by atoms with Gasteiger partial charge in [0.2, 0.25) is 5.91 Å². The number of para-hydroxylation sites is 2. The molecule has 1 aliphatic rings. The van der Waals surface area contributed by atoms with E-state index in [0.717, 1.165) is 12.0 Å². The number of amides is 1. The second kappa shape index (κ2) is 8.05. The number of rotatable bonds is 6. The van der Waals surface area contributed by atoms with Crippen molar-refractivity contribution in [2.75, 3.05) is 32.6 Å². The largest absolute Gasteiger partial charge is 0.493 e. The zero-order chi connectivity index (χ0) is 19.4. The number of nitro groups is 1. The summed E-state index contributed by atoms with van der Waals surface area (Å²) in [6, 6.07) is 10.0. The minimum Gasteiger partial charge on any atom is -0.493 e. The summed E-state index contributed by atoms with van der Waals surface area (Å²) in [5.41, 5.74) is 2.34. The fourth-order valence-electron chi connectivity index (χ4n) is 3.21. The molecule has 0 bridgehead atoms. The van der Waals surface area contributed by atoms with Crippen LogP contribution in [0.15, 0.2) is 36.4 Å². The molecule has 0 spiro atoms. The summed E-state index contributed by atoms with van der Waals surface area (Å²) in [7, 11) is 3.19. The number of anilines is 1. The van der Waals surface area contributed by atoms with Crippen LogP contribution in [0.1, 0.15) is 11.1 Å². The van der Waals surface area contributed by atoms with Crippen molar-refractivity contribution in [2.45, 2.75) is 13.0 Å². The van der Waals surface area contributed by atoms with Gasteiger partial charge in [-0.2, -0.15) is 0 Å². The SMILES string of the molecule is COc1cc2c(cc1OC)CN(CC(=O)Nc1ccccc1[N+](=O)[O-])CC2. The van der Waals surface area contributed by atoms with Crippen molar-refractivity contribution in [3.63, 3.8) is 0 Å². The minimum atomic E-state index is -0.508. The van der Waals surface area contributed by atoms with Crippen molar-refractivity contribution in [1.29, 1.82) is 0 Å². The lowest BCUT2D eigenvalue weighted by molar-refractivity contribution is -0.383. The topological polar surface area (TPSA) is 93.9 Å². The lowest BCUT2D eigenvalue weighted by Crippen LogP contribution is -2.37. The van der Waals surface area contributed by atoms with Crippen LogP contribution in [0, 0.1) is 10.1 Å². The number of nitro benzene ring substituents is 1. The highest BCUT2D eigenvalue weighted by atomic mass is 16.6. The van der Waals surface area contributed by atoms with Crippen LogP contribution in [0.5, 0.6) is 11.5 Å². The van der Waals surface area contributed by atoms with Gasteiger partial charge in [-0.05, 0) is 35.7 Å². The van der Waals surface area contributed by atoms with E-state index in [1.807, 2.05) is 17.0 Å². The molecule has 0 atom stereocenters. The number of nitrogens with zero attached hydrogens (tertiary/aromatic N) is 2.